The van der Waals surface area contributed by atoms with Crippen molar-refractivity contribution in [1.82, 2.24) is 10.2 Å². The van der Waals surface area contributed by atoms with E-state index in [1.807, 2.05) is 43.3 Å². The summed E-state index contributed by atoms with van der Waals surface area (Å²) in [6, 6.07) is 13.4. The first-order valence-electron chi connectivity index (χ1n) is 11.2. The van der Waals surface area contributed by atoms with Crippen LogP contribution < -0.4 is 10.1 Å². The number of aryl methyl sites for hydroxylation is 2. The molecule has 1 fully saturated rings. The summed E-state index contributed by atoms with van der Waals surface area (Å²) in [5.74, 6) is 0.644. The van der Waals surface area contributed by atoms with Gasteiger partial charge in [-0.05, 0) is 68.0 Å². The monoisotopic (exact) mass is 422 g/mol. The van der Waals surface area contributed by atoms with Crippen LogP contribution in [-0.4, -0.2) is 35.9 Å². The van der Waals surface area contributed by atoms with Crippen LogP contribution in [0.4, 0.5) is 0 Å². The molecule has 0 spiro atoms. The average molecular weight is 423 g/mol. The summed E-state index contributed by atoms with van der Waals surface area (Å²) < 4.78 is 5.24. The molecule has 0 aromatic heterocycles. The van der Waals surface area contributed by atoms with Gasteiger partial charge in [-0.25, -0.2) is 0 Å². The Labute approximate surface area is 185 Å². The van der Waals surface area contributed by atoms with Gasteiger partial charge in [-0.1, -0.05) is 43.2 Å². The Hall–Kier alpha value is -2.82. The van der Waals surface area contributed by atoms with Gasteiger partial charge in [-0.15, -0.1) is 0 Å². The van der Waals surface area contributed by atoms with Gasteiger partial charge in [0.25, 0.3) is 0 Å². The van der Waals surface area contributed by atoms with Crippen molar-refractivity contribution in [3.63, 3.8) is 0 Å². The van der Waals surface area contributed by atoms with Crippen LogP contribution >= 0.6 is 0 Å². The van der Waals surface area contributed by atoms with Crippen LogP contribution in [0.5, 0.6) is 5.75 Å². The molecule has 3 rings (SSSR count). The number of nitrogens with one attached hydrogen (secondary N) is 1. The van der Waals surface area contributed by atoms with E-state index in [4.69, 9.17) is 4.74 Å². The highest BCUT2D eigenvalue weighted by atomic mass is 16.5. The number of nitrogens with zero attached hydrogens (tertiary/aromatic N) is 1. The van der Waals surface area contributed by atoms with Crippen LogP contribution in [-0.2, 0) is 22.6 Å². The molecule has 2 aromatic rings. The Morgan fingerprint density at radius 2 is 1.68 bits per heavy atom. The van der Waals surface area contributed by atoms with E-state index in [-0.39, 0.29) is 24.3 Å². The molecule has 0 radical (unpaired) electrons. The van der Waals surface area contributed by atoms with E-state index in [0.29, 0.717) is 6.54 Å². The Balaban J connectivity index is 1.77. The normalized spacial score (nSPS) is 14.8. The molecule has 5 heteroatoms. The predicted molar refractivity (Wildman–Crippen MR) is 123 cm³/mol. The molecule has 0 unspecified atom stereocenters. The minimum absolute atomic E-state index is 0.0480. The quantitative estimate of drug-likeness (QED) is 0.689. The third-order valence-electron chi connectivity index (χ3n) is 6.31. The van der Waals surface area contributed by atoms with Crippen molar-refractivity contribution in [2.45, 2.75) is 71.5 Å². The van der Waals surface area contributed by atoms with Crippen molar-refractivity contribution in [3.8, 4) is 5.75 Å². The molecule has 0 heterocycles. The Morgan fingerprint density at radius 3 is 2.29 bits per heavy atom. The summed E-state index contributed by atoms with van der Waals surface area (Å²) in [7, 11) is 1.63. The van der Waals surface area contributed by atoms with Crippen molar-refractivity contribution in [3.05, 3.63) is 64.7 Å². The average Bonchev–Trinajstić information content (AvgIpc) is 3.27. The number of ether oxygens (including phenoxy) is 1. The standard InChI is InChI=1S/C26H34N2O3/c1-18-9-10-22(15-19(18)2)16-25(29)28(17-21-11-13-24(31-4)14-12-21)20(3)26(30)27-23-7-5-6-8-23/h9-15,20,23H,5-8,16-17H2,1-4H3,(H,27,30)/t20-/m0/s1. The van der Waals surface area contributed by atoms with Gasteiger partial charge in [0.05, 0.1) is 13.5 Å². The first-order chi connectivity index (χ1) is 14.9. The molecule has 5 nitrogen and oxygen atoms in total. The SMILES string of the molecule is COc1ccc(CN(C(=O)Cc2ccc(C)c(C)c2)[C@@H](C)C(=O)NC2CCCC2)cc1. The number of amides is 2. The topological polar surface area (TPSA) is 58.6 Å². The van der Waals surface area contributed by atoms with Gasteiger partial charge in [0.15, 0.2) is 0 Å². The largest absolute Gasteiger partial charge is 0.497 e. The number of carbonyl (C=O) groups is 2. The number of benzene rings is 2. The highest BCUT2D eigenvalue weighted by Gasteiger charge is 2.28. The van der Waals surface area contributed by atoms with Crippen LogP contribution in [0.1, 0.15) is 54.9 Å². The second-order valence-electron chi connectivity index (χ2n) is 8.63. The lowest BCUT2D eigenvalue weighted by Gasteiger charge is -2.30. The molecule has 31 heavy (non-hydrogen) atoms. The fourth-order valence-corrected chi connectivity index (χ4v) is 4.09. The van der Waals surface area contributed by atoms with Gasteiger partial charge in [0, 0.05) is 12.6 Å². The third-order valence-corrected chi connectivity index (χ3v) is 6.31. The van der Waals surface area contributed by atoms with E-state index in [1.54, 1.807) is 12.0 Å². The fraction of sp³-hybridized carbons (Fsp3) is 0.462. The molecule has 1 saturated carbocycles. The van der Waals surface area contributed by atoms with Crippen molar-refractivity contribution in [1.29, 1.82) is 0 Å². The second-order valence-corrected chi connectivity index (χ2v) is 8.63. The molecule has 1 atom stereocenters. The number of carbonyl (C=O) groups excluding carboxylic acids is 2. The summed E-state index contributed by atoms with van der Waals surface area (Å²) in [5, 5.41) is 3.15. The summed E-state index contributed by atoms with van der Waals surface area (Å²) in [5.41, 5.74) is 4.31. The second kappa shape index (κ2) is 10.5. The molecule has 1 aliphatic carbocycles. The predicted octanol–water partition coefficient (Wildman–Crippen LogP) is 4.33. The molecule has 0 aliphatic heterocycles. The molecule has 2 aromatic carbocycles. The summed E-state index contributed by atoms with van der Waals surface area (Å²) in [6.45, 7) is 6.32. The Morgan fingerprint density at radius 1 is 1.03 bits per heavy atom. The fourth-order valence-electron chi connectivity index (χ4n) is 4.09. The number of methoxy groups -OCH3 is 1. The van der Waals surface area contributed by atoms with Gasteiger partial charge in [-0.2, -0.15) is 0 Å². The first-order valence-corrected chi connectivity index (χ1v) is 11.2. The van der Waals surface area contributed by atoms with E-state index in [0.717, 1.165) is 42.6 Å². The van der Waals surface area contributed by atoms with Crippen LogP contribution in [0.25, 0.3) is 0 Å². The van der Waals surface area contributed by atoms with Gasteiger partial charge in [0.1, 0.15) is 11.8 Å². The maximum Gasteiger partial charge on any atom is 0.242 e. The Kier molecular flexibility index (Phi) is 7.72. The maximum absolute atomic E-state index is 13.3. The van der Waals surface area contributed by atoms with Gasteiger partial charge < -0.3 is 15.0 Å². The molecule has 0 saturated heterocycles. The summed E-state index contributed by atoms with van der Waals surface area (Å²) in [6.07, 6.45) is 4.63. The van der Waals surface area contributed by atoms with E-state index in [2.05, 4.69) is 25.2 Å². The molecule has 166 valence electrons. The highest BCUT2D eigenvalue weighted by Crippen LogP contribution is 2.20. The van der Waals surface area contributed by atoms with E-state index >= 15 is 0 Å². The highest BCUT2D eigenvalue weighted by molar-refractivity contribution is 5.88. The lowest BCUT2D eigenvalue weighted by atomic mass is 10.0. The Bertz CT molecular complexity index is 901. The summed E-state index contributed by atoms with van der Waals surface area (Å²) >= 11 is 0. The molecular weight excluding hydrogens is 388 g/mol. The van der Waals surface area contributed by atoms with E-state index < -0.39 is 6.04 Å². The van der Waals surface area contributed by atoms with Crippen molar-refractivity contribution >= 4 is 11.8 Å². The molecule has 0 bridgehead atoms. The molecule has 1 aliphatic rings. The van der Waals surface area contributed by atoms with Gasteiger partial charge in [0.2, 0.25) is 11.8 Å². The number of hydrogen-bond acceptors (Lipinski definition) is 3. The lowest BCUT2D eigenvalue weighted by Crippen LogP contribution is -2.50. The zero-order valence-corrected chi connectivity index (χ0v) is 19.1. The van der Waals surface area contributed by atoms with Crippen LogP contribution in [0, 0.1) is 13.8 Å². The third kappa shape index (κ3) is 6.09. The minimum atomic E-state index is -0.540. The van der Waals surface area contributed by atoms with Crippen molar-refractivity contribution in [2.24, 2.45) is 0 Å². The smallest absolute Gasteiger partial charge is 0.242 e. The van der Waals surface area contributed by atoms with Crippen LogP contribution in [0.3, 0.4) is 0 Å². The zero-order valence-electron chi connectivity index (χ0n) is 19.1. The van der Waals surface area contributed by atoms with Crippen LogP contribution in [0.2, 0.25) is 0 Å². The van der Waals surface area contributed by atoms with Crippen molar-refractivity contribution < 1.29 is 14.3 Å². The summed E-state index contributed by atoms with van der Waals surface area (Å²) in [4.78, 5) is 28.0. The number of hydrogen-bond donors (Lipinski definition) is 1. The van der Waals surface area contributed by atoms with Crippen molar-refractivity contribution in [2.75, 3.05) is 7.11 Å². The maximum atomic E-state index is 13.3. The lowest BCUT2D eigenvalue weighted by molar-refractivity contribution is -0.140. The van der Waals surface area contributed by atoms with Crippen LogP contribution in [0.15, 0.2) is 42.5 Å². The molecule has 2 amide bonds. The minimum Gasteiger partial charge on any atom is -0.497 e. The van der Waals surface area contributed by atoms with Gasteiger partial charge in [-0.3, -0.25) is 9.59 Å². The first kappa shape index (κ1) is 22.9. The zero-order chi connectivity index (χ0) is 22.4. The van der Waals surface area contributed by atoms with E-state index in [1.165, 1.54) is 11.1 Å². The molecular formula is C26H34N2O3. The number of rotatable bonds is 8. The molecule has 1 N–H and O–H groups in total. The van der Waals surface area contributed by atoms with E-state index in [9.17, 15) is 9.59 Å². The van der Waals surface area contributed by atoms with Gasteiger partial charge >= 0.3 is 0 Å².